The van der Waals surface area contributed by atoms with E-state index in [9.17, 15) is 22.8 Å². The zero-order valence-corrected chi connectivity index (χ0v) is 10.1. The molecule has 0 spiro atoms. The van der Waals surface area contributed by atoms with Crippen LogP contribution in [-0.2, 0) is 19.1 Å². The number of carboxylic acids is 1. The van der Waals surface area contributed by atoms with Gasteiger partial charge in [-0.25, -0.2) is 4.79 Å². The molecule has 0 aliphatic heterocycles. The molecular formula is C10H14F3NO5. The van der Waals surface area contributed by atoms with E-state index in [0.29, 0.717) is 0 Å². The van der Waals surface area contributed by atoms with Crippen molar-refractivity contribution >= 4 is 11.9 Å². The molecule has 0 rings (SSSR count). The van der Waals surface area contributed by atoms with Gasteiger partial charge in [-0.05, 0) is 6.92 Å². The van der Waals surface area contributed by atoms with Gasteiger partial charge in [-0.1, -0.05) is 6.08 Å². The molecule has 0 aliphatic carbocycles. The number of rotatable bonds is 8. The Morgan fingerprint density at radius 1 is 1.42 bits per heavy atom. The van der Waals surface area contributed by atoms with E-state index in [4.69, 9.17) is 9.84 Å². The van der Waals surface area contributed by atoms with Gasteiger partial charge >= 0.3 is 18.1 Å². The Bertz CT molecular complexity index is 345. The van der Waals surface area contributed by atoms with Crippen LogP contribution in [-0.4, -0.2) is 48.7 Å². The summed E-state index contributed by atoms with van der Waals surface area (Å²) in [6.45, 7) is 3.37. The van der Waals surface area contributed by atoms with E-state index in [1.54, 1.807) is 0 Å². The van der Waals surface area contributed by atoms with E-state index in [1.807, 2.05) is 0 Å². The topological polar surface area (TPSA) is 84.9 Å². The van der Waals surface area contributed by atoms with E-state index < -0.39 is 30.4 Å². The summed E-state index contributed by atoms with van der Waals surface area (Å²) in [5.74, 6) is -3.76. The molecule has 0 unspecified atom stereocenters. The third-order valence-electron chi connectivity index (χ3n) is 2.00. The largest absolute Gasteiger partial charge is 0.490 e. The fourth-order valence-corrected chi connectivity index (χ4v) is 0.878. The first kappa shape index (κ1) is 17.4. The van der Waals surface area contributed by atoms with E-state index in [2.05, 4.69) is 16.6 Å². The van der Waals surface area contributed by atoms with Crippen LogP contribution in [0.2, 0.25) is 0 Å². The second kappa shape index (κ2) is 7.10. The molecule has 0 heterocycles. The summed E-state index contributed by atoms with van der Waals surface area (Å²) in [5, 5.41) is 11.1. The highest BCUT2D eigenvalue weighted by atomic mass is 19.4. The first-order valence-corrected chi connectivity index (χ1v) is 5.04. The standard InChI is InChI=1S/C10H14F3NO5/c1-3-4-18-5-9(2,7(15)16)14-6-19-8(17)10(11,12)13/h3,14H,1,4-6H2,2H3,(H,15,16)/t9-/m0/s1. The number of carbonyl (C=O) groups excluding carboxylic acids is 1. The summed E-state index contributed by atoms with van der Waals surface area (Å²) < 4.78 is 44.2. The number of esters is 1. The average Bonchev–Trinajstić information content (AvgIpc) is 2.27. The fraction of sp³-hybridized carbons (Fsp3) is 0.600. The Balaban J connectivity index is 4.33. The van der Waals surface area contributed by atoms with Crippen molar-refractivity contribution in [2.45, 2.75) is 18.6 Å². The quantitative estimate of drug-likeness (QED) is 0.295. The van der Waals surface area contributed by atoms with Gasteiger partial charge in [0, 0.05) is 0 Å². The molecule has 0 radical (unpaired) electrons. The number of hydrogen-bond donors (Lipinski definition) is 2. The molecule has 0 aromatic rings. The van der Waals surface area contributed by atoms with Crippen LogP contribution in [0.4, 0.5) is 13.2 Å². The van der Waals surface area contributed by atoms with Crippen LogP contribution in [0.5, 0.6) is 0 Å². The lowest BCUT2D eigenvalue weighted by molar-refractivity contribution is -0.201. The molecule has 0 fully saturated rings. The molecule has 0 saturated heterocycles. The van der Waals surface area contributed by atoms with Crippen molar-refractivity contribution in [2.75, 3.05) is 19.9 Å². The van der Waals surface area contributed by atoms with Crippen molar-refractivity contribution in [3.8, 4) is 0 Å². The lowest BCUT2D eigenvalue weighted by Crippen LogP contribution is -2.54. The molecule has 0 saturated carbocycles. The van der Waals surface area contributed by atoms with Crippen molar-refractivity contribution in [3.63, 3.8) is 0 Å². The molecule has 2 N–H and O–H groups in total. The summed E-state index contributed by atoms with van der Waals surface area (Å²) in [4.78, 5) is 21.4. The molecule has 0 aromatic heterocycles. The van der Waals surface area contributed by atoms with Gasteiger partial charge in [-0.15, -0.1) is 6.58 Å². The van der Waals surface area contributed by atoms with Crippen molar-refractivity contribution in [1.82, 2.24) is 5.32 Å². The van der Waals surface area contributed by atoms with E-state index in [0.717, 1.165) is 0 Å². The Morgan fingerprint density at radius 2 is 2.00 bits per heavy atom. The number of alkyl halides is 3. The third kappa shape index (κ3) is 6.20. The van der Waals surface area contributed by atoms with E-state index >= 15 is 0 Å². The van der Waals surface area contributed by atoms with E-state index in [1.165, 1.54) is 13.0 Å². The highest BCUT2D eigenvalue weighted by Crippen LogP contribution is 2.16. The van der Waals surface area contributed by atoms with Crippen molar-refractivity contribution in [1.29, 1.82) is 0 Å². The van der Waals surface area contributed by atoms with E-state index in [-0.39, 0.29) is 13.2 Å². The van der Waals surface area contributed by atoms with Crippen LogP contribution in [0.15, 0.2) is 12.7 Å². The Labute approximate surface area is 107 Å². The SMILES string of the molecule is C=CCOC[C@](C)(NCOC(=O)C(F)(F)F)C(=O)O. The second-order valence-corrected chi connectivity index (χ2v) is 3.69. The lowest BCUT2D eigenvalue weighted by atomic mass is 10.1. The maximum absolute atomic E-state index is 11.8. The number of hydrogen-bond acceptors (Lipinski definition) is 5. The maximum atomic E-state index is 11.8. The minimum Gasteiger partial charge on any atom is -0.480 e. The smallest absolute Gasteiger partial charge is 0.480 e. The van der Waals surface area contributed by atoms with Crippen LogP contribution in [0.25, 0.3) is 0 Å². The molecule has 0 aliphatic rings. The minimum atomic E-state index is -5.12. The first-order chi connectivity index (χ1) is 8.63. The molecule has 0 amide bonds. The zero-order valence-electron chi connectivity index (χ0n) is 10.1. The molecule has 19 heavy (non-hydrogen) atoms. The highest BCUT2D eigenvalue weighted by Gasteiger charge is 2.41. The number of halogens is 3. The highest BCUT2D eigenvalue weighted by molar-refractivity contribution is 5.78. The lowest BCUT2D eigenvalue weighted by Gasteiger charge is -2.25. The normalized spacial score (nSPS) is 14.5. The number of carboxylic acid groups (broad SMARTS) is 1. The number of aliphatic carboxylic acids is 1. The summed E-state index contributed by atoms with van der Waals surface area (Å²) in [7, 11) is 0. The van der Waals surface area contributed by atoms with Crippen LogP contribution < -0.4 is 5.32 Å². The summed E-state index contributed by atoms with van der Waals surface area (Å²) in [6, 6.07) is 0. The van der Waals surface area contributed by atoms with Crippen LogP contribution in [0, 0.1) is 0 Å². The predicted octanol–water partition coefficient (Wildman–Crippen LogP) is 0.685. The average molecular weight is 285 g/mol. The molecule has 6 nitrogen and oxygen atoms in total. The first-order valence-electron chi connectivity index (χ1n) is 5.04. The minimum absolute atomic E-state index is 0.0763. The molecule has 110 valence electrons. The molecule has 1 atom stereocenters. The number of nitrogens with one attached hydrogen (secondary N) is 1. The molecule has 9 heteroatoms. The molecular weight excluding hydrogens is 271 g/mol. The Hall–Kier alpha value is -1.61. The third-order valence-corrected chi connectivity index (χ3v) is 2.00. The van der Waals surface area contributed by atoms with Gasteiger partial charge in [-0.2, -0.15) is 13.2 Å². The van der Waals surface area contributed by atoms with Gasteiger partial charge in [0.15, 0.2) is 0 Å². The van der Waals surface area contributed by atoms with Crippen molar-refractivity contribution in [3.05, 3.63) is 12.7 Å². The van der Waals surface area contributed by atoms with Gasteiger partial charge in [-0.3, -0.25) is 10.1 Å². The molecule has 0 bridgehead atoms. The monoisotopic (exact) mass is 285 g/mol. The predicted molar refractivity (Wildman–Crippen MR) is 57.2 cm³/mol. The summed E-state index contributed by atoms with van der Waals surface area (Å²) >= 11 is 0. The van der Waals surface area contributed by atoms with Gasteiger partial charge in [0.2, 0.25) is 0 Å². The molecule has 0 aromatic carbocycles. The maximum Gasteiger partial charge on any atom is 0.490 e. The van der Waals surface area contributed by atoms with Gasteiger partial charge < -0.3 is 14.6 Å². The van der Waals surface area contributed by atoms with Crippen LogP contribution in [0.1, 0.15) is 6.92 Å². The second-order valence-electron chi connectivity index (χ2n) is 3.69. The summed E-state index contributed by atoms with van der Waals surface area (Å²) in [6.07, 6.45) is -3.74. The Morgan fingerprint density at radius 3 is 2.42 bits per heavy atom. The van der Waals surface area contributed by atoms with Gasteiger partial charge in [0.25, 0.3) is 0 Å². The zero-order chi connectivity index (χ0) is 15.1. The van der Waals surface area contributed by atoms with Gasteiger partial charge in [0.05, 0.1) is 13.2 Å². The van der Waals surface area contributed by atoms with Crippen LogP contribution in [0.3, 0.4) is 0 Å². The van der Waals surface area contributed by atoms with Crippen LogP contribution >= 0.6 is 0 Å². The summed E-state index contributed by atoms with van der Waals surface area (Å²) in [5.41, 5.74) is -1.69. The van der Waals surface area contributed by atoms with Crippen molar-refractivity contribution in [2.24, 2.45) is 0 Å². The fourth-order valence-electron chi connectivity index (χ4n) is 0.878. The van der Waals surface area contributed by atoms with Crippen molar-refractivity contribution < 1.29 is 37.3 Å². The number of carbonyl (C=O) groups is 2. The van der Waals surface area contributed by atoms with Gasteiger partial charge in [0.1, 0.15) is 12.3 Å². The Kier molecular flexibility index (Phi) is 6.49. The number of ether oxygens (including phenoxy) is 2.